The zero-order valence-corrected chi connectivity index (χ0v) is 10.2. The maximum atomic E-state index is 13.5. The maximum Gasteiger partial charge on any atom is 0.164 e. The van der Waals surface area contributed by atoms with E-state index in [1.807, 2.05) is 0 Å². The molecule has 0 unspecified atom stereocenters. The molecule has 6 heteroatoms. The van der Waals surface area contributed by atoms with Crippen molar-refractivity contribution < 1.29 is 17.6 Å². The van der Waals surface area contributed by atoms with Gasteiger partial charge in [-0.2, -0.15) is 0 Å². The van der Waals surface area contributed by atoms with Crippen molar-refractivity contribution >= 4 is 17.3 Å². The van der Waals surface area contributed by atoms with Crippen LogP contribution in [0.1, 0.15) is 5.56 Å². The minimum atomic E-state index is -1.27. The number of nitrogens with one attached hydrogen (secondary N) is 1. The summed E-state index contributed by atoms with van der Waals surface area (Å²) in [5.74, 6) is -4.03. The van der Waals surface area contributed by atoms with Crippen molar-refractivity contribution in [1.82, 2.24) is 0 Å². The fourth-order valence-electron chi connectivity index (χ4n) is 1.53. The minimum absolute atomic E-state index is 0.0524. The van der Waals surface area contributed by atoms with Gasteiger partial charge < -0.3 is 5.32 Å². The van der Waals surface area contributed by atoms with Crippen LogP contribution in [0.15, 0.2) is 30.3 Å². The number of halogens is 5. The van der Waals surface area contributed by atoms with Gasteiger partial charge in [-0.1, -0.05) is 17.7 Å². The second kappa shape index (κ2) is 5.48. The smallest absolute Gasteiger partial charge is 0.164 e. The molecule has 100 valence electrons. The summed E-state index contributed by atoms with van der Waals surface area (Å²) in [4.78, 5) is 0. The molecule has 0 saturated heterocycles. The first-order valence-electron chi connectivity index (χ1n) is 5.30. The lowest BCUT2D eigenvalue weighted by atomic mass is 10.2. The Bertz CT molecular complexity index is 616. The third kappa shape index (κ3) is 2.98. The topological polar surface area (TPSA) is 12.0 Å². The largest absolute Gasteiger partial charge is 0.378 e. The summed E-state index contributed by atoms with van der Waals surface area (Å²) in [6, 6.07) is 5.44. The predicted molar refractivity (Wildman–Crippen MR) is 65.1 cm³/mol. The van der Waals surface area contributed by atoms with E-state index in [2.05, 4.69) is 5.32 Å². The van der Waals surface area contributed by atoms with E-state index in [0.717, 1.165) is 6.07 Å². The summed E-state index contributed by atoms with van der Waals surface area (Å²) in [5.41, 5.74) is -0.0603. The van der Waals surface area contributed by atoms with E-state index in [1.54, 1.807) is 0 Å². The highest BCUT2D eigenvalue weighted by Crippen LogP contribution is 2.23. The summed E-state index contributed by atoms with van der Waals surface area (Å²) in [5, 5.41) is 2.48. The molecule has 0 heterocycles. The number of hydrogen-bond acceptors (Lipinski definition) is 1. The number of rotatable bonds is 3. The van der Waals surface area contributed by atoms with Gasteiger partial charge in [-0.05, 0) is 18.2 Å². The average molecular weight is 290 g/mol. The molecular formula is C13H8ClF4N. The molecule has 0 spiro atoms. The predicted octanol–water partition coefficient (Wildman–Crippen LogP) is 4.51. The maximum absolute atomic E-state index is 13.5. The van der Waals surface area contributed by atoms with Crippen molar-refractivity contribution in [2.45, 2.75) is 6.54 Å². The van der Waals surface area contributed by atoms with Crippen LogP contribution < -0.4 is 5.32 Å². The lowest BCUT2D eigenvalue weighted by molar-refractivity contribution is 0.490. The average Bonchev–Trinajstić information content (AvgIpc) is 2.37. The van der Waals surface area contributed by atoms with Gasteiger partial charge in [0.15, 0.2) is 17.5 Å². The normalized spacial score (nSPS) is 10.6. The molecule has 0 saturated carbocycles. The van der Waals surface area contributed by atoms with Crippen LogP contribution in [0.4, 0.5) is 23.2 Å². The zero-order chi connectivity index (χ0) is 14.0. The summed E-state index contributed by atoms with van der Waals surface area (Å²) >= 11 is 5.57. The second-order valence-electron chi connectivity index (χ2n) is 3.81. The van der Waals surface area contributed by atoms with E-state index in [1.165, 1.54) is 18.2 Å². The van der Waals surface area contributed by atoms with Crippen LogP contribution in [0.3, 0.4) is 0 Å². The highest BCUT2D eigenvalue weighted by Gasteiger charge is 2.11. The van der Waals surface area contributed by atoms with E-state index < -0.39 is 23.3 Å². The molecule has 0 bridgehead atoms. The monoisotopic (exact) mass is 289 g/mol. The Morgan fingerprint density at radius 2 is 1.63 bits per heavy atom. The van der Waals surface area contributed by atoms with Gasteiger partial charge in [-0.25, -0.2) is 17.6 Å². The first kappa shape index (κ1) is 13.7. The fourth-order valence-corrected chi connectivity index (χ4v) is 1.70. The molecule has 2 aromatic carbocycles. The Balaban J connectivity index is 2.19. The molecule has 2 aromatic rings. The third-order valence-electron chi connectivity index (χ3n) is 2.51. The molecule has 0 aliphatic carbocycles. The molecule has 1 N–H and O–H groups in total. The van der Waals surface area contributed by atoms with E-state index in [9.17, 15) is 17.6 Å². The summed E-state index contributed by atoms with van der Waals surface area (Å²) in [6.07, 6.45) is 0. The molecular weight excluding hydrogens is 282 g/mol. The molecule has 0 radical (unpaired) electrons. The van der Waals surface area contributed by atoms with Crippen LogP contribution in [0, 0.1) is 23.3 Å². The van der Waals surface area contributed by atoms with Crippen LogP contribution in [0.25, 0.3) is 0 Å². The molecule has 0 fully saturated rings. The van der Waals surface area contributed by atoms with Gasteiger partial charge >= 0.3 is 0 Å². The second-order valence-corrected chi connectivity index (χ2v) is 4.22. The van der Waals surface area contributed by atoms with Gasteiger partial charge in [-0.15, -0.1) is 0 Å². The molecule has 0 aliphatic rings. The number of hydrogen-bond donors (Lipinski definition) is 1. The van der Waals surface area contributed by atoms with Crippen LogP contribution in [0.5, 0.6) is 0 Å². The zero-order valence-electron chi connectivity index (χ0n) is 9.48. The molecule has 1 nitrogen and oxygen atoms in total. The molecule has 0 atom stereocenters. The van der Waals surface area contributed by atoms with Crippen molar-refractivity contribution in [2.75, 3.05) is 5.32 Å². The molecule has 0 aromatic heterocycles. The van der Waals surface area contributed by atoms with Gasteiger partial charge in [0, 0.05) is 18.2 Å². The van der Waals surface area contributed by atoms with Crippen LogP contribution in [-0.2, 0) is 6.54 Å². The minimum Gasteiger partial charge on any atom is -0.378 e. The number of benzene rings is 2. The van der Waals surface area contributed by atoms with Crippen LogP contribution >= 0.6 is 11.6 Å². The van der Waals surface area contributed by atoms with Gasteiger partial charge in [0.25, 0.3) is 0 Å². The summed E-state index contributed by atoms with van der Waals surface area (Å²) < 4.78 is 52.6. The SMILES string of the molecule is Fc1cc(F)c(CNc2cccc(Cl)c2F)cc1F. The Hall–Kier alpha value is -1.75. The Labute approximate surface area is 111 Å². The van der Waals surface area contributed by atoms with E-state index in [0.29, 0.717) is 6.07 Å². The third-order valence-corrected chi connectivity index (χ3v) is 2.80. The van der Waals surface area contributed by atoms with Crippen molar-refractivity contribution in [3.05, 3.63) is 64.2 Å². The van der Waals surface area contributed by atoms with Crippen LogP contribution in [-0.4, -0.2) is 0 Å². The van der Waals surface area contributed by atoms with Crippen LogP contribution in [0.2, 0.25) is 5.02 Å². The Kier molecular flexibility index (Phi) is 3.95. The quantitative estimate of drug-likeness (QED) is 0.647. The van der Waals surface area contributed by atoms with Crippen molar-refractivity contribution in [2.24, 2.45) is 0 Å². The van der Waals surface area contributed by atoms with E-state index in [4.69, 9.17) is 11.6 Å². The lowest BCUT2D eigenvalue weighted by Gasteiger charge is -2.09. The Morgan fingerprint density at radius 3 is 2.37 bits per heavy atom. The summed E-state index contributed by atoms with van der Waals surface area (Å²) in [6.45, 7) is -0.194. The highest BCUT2D eigenvalue weighted by molar-refractivity contribution is 6.31. The fraction of sp³-hybridized carbons (Fsp3) is 0.0769. The molecule has 2 rings (SSSR count). The van der Waals surface area contributed by atoms with E-state index in [-0.39, 0.29) is 22.8 Å². The van der Waals surface area contributed by atoms with Crippen molar-refractivity contribution in [3.63, 3.8) is 0 Å². The first-order chi connectivity index (χ1) is 8.99. The summed E-state index contributed by atoms with van der Waals surface area (Å²) in [7, 11) is 0. The molecule has 0 amide bonds. The van der Waals surface area contributed by atoms with Crippen molar-refractivity contribution in [3.8, 4) is 0 Å². The lowest BCUT2D eigenvalue weighted by Crippen LogP contribution is -2.05. The number of anilines is 1. The first-order valence-corrected chi connectivity index (χ1v) is 5.68. The van der Waals surface area contributed by atoms with Crippen molar-refractivity contribution in [1.29, 1.82) is 0 Å². The van der Waals surface area contributed by atoms with Gasteiger partial charge in [0.1, 0.15) is 5.82 Å². The molecule has 0 aliphatic heterocycles. The van der Waals surface area contributed by atoms with E-state index >= 15 is 0 Å². The Morgan fingerprint density at radius 1 is 0.947 bits per heavy atom. The van der Waals surface area contributed by atoms with Gasteiger partial charge in [0.2, 0.25) is 0 Å². The highest BCUT2D eigenvalue weighted by atomic mass is 35.5. The standard InChI is InChI=1S/C13H8ClF4N/c14-8-2-1-3-12(13(8)18)19-6-7-4-10(16)11(17)5-9(7)15/h1-5,19H,6H2. The van der Waals surface area contributed by atoms with Gasteiger partial charge in [0.05, 0.1) is 10.7 Å². The molecule has 19 heavy (non-hydrogen) atoms. The van der Waals surface area contributed by atoms with Gasteiger partial charge in [-0.3, -0.25) is 0 Å².